The Bertz CT molecular complexity index is 172. The summed E-state index contributed by atoms with van der Waals surface area (Å²) in [5, 5.41) is 2.48. The molecule has 0 aromatic carbocycles. The molecule has 0 aromatic rings. The van der Waals surface area contributed by atoms with Gasteiger partial charge in [0.25, 0.3) is 0 Å². The molecule has 1 aliphatic heterocycles. The summed E-state index contributed by atoms with van der Waals surface area (Å²) in [6.07, 6.45) is 3.23. The summed E-state index contributed by atoms with van der Waals surface area (Å²) in [6.45, 7) is 4.14. The molecular weight excluding hydrogens is 164 g/mol. The predicted octanol–water partition coefficient (Wildman–Crippen LogP) is 1.50. The SMILES string of the molecule is C=CNC(=O)N1CCCC1Cl. The van der Waals surface area contributed by atoms with Crippen LogP contribution in [0.1, 0.15) is 12.8 Å². The van der Waals surface area contributed by atoms with Crippen molar-refractivity contribution < 1.29 is 4.79 Å². The highest BCUT2D eigenvalue weighted by Gasteiger charge is 2.25. The van der Waals surface area contributed by atoms with Gasteiger partial charge in [0.1, 0.15) is 5.50 Å². The molecule has 0 radical (unpaired) electrons. The molecule has 1 rings (SSSR count). The van der Waals surface area contributed by atoms with Gasteiger partial charge in [-0.1, -0.05) is 18.2 Å². The van der Waals surface area contributed by atoms with E-state index in [9.17, 15) is 4.79 Å². The average Bonchev–Trinajstić information content (AvgIpc) is 2.36. The fourth-order valence-electron chi connectivity index (χ4n) is 1.12. The first-order chi connectivity index (χ1) is 5.25. The molecule has 2 amide bonds. The van der Waals surface area contributed by atoms with E-state index in [0.29, 0.717) is 0 Å². The lowest BCUT2D eigenvalue weighted by atomic mass is 10.4. The number of nitrogens with zero attached hydrogens (tertiary/aromatic N) is 1. The Labute approximate surface area is 71.0 Å². The normalized spacial score (nSPS) is 23.4. The van der Waals surface area contributed by atoms with Gasteiger partial charge in [-0.2, -0.15) is 0 Å². The molecule has 3 nitrogen and oxygen atoms in total. The second-order valence-corrected chi connectivity index (χ2v) is 2.93. The van der Waals surface area contributed by atoms with Crippen LogP contribution in [0.2, 0.25) is 0 Å². The number of hydrogen-bond acceptors (Lipinski definition) is 1. The van der Waals surface area contributed by atoms with E-state index < -0.39 is 0 Å². The highest BCUT2D eigenvalue weighted by molar-refractivity contribution is 6.21. The Balaban J connectivity index is 2.45. The maximum atomic E-state index is 11.1. The van der Waals surface area contributed by atoms with E-state index >= 15 is 0 Å². The van der Waals surface area contributed by atoms with E-state index in [-0.39, 0.29) is 11.5 Å². The van der Waals surface area contributed by atoms with Gasteiger partial charge in [0.15, 0.2) is 0 Å². The molecular formula is C7H11ClN2O. The summed E-state index contributed by atoms with van der Waals surface area (Å²) in [4.78, 5) is 12.7. The largest absolute Gasteiger partial charge is 0.322 e. The van der Waals surface area contributed by atoms with Gasteiger partial charge in [0, 0.05) is 6.54 Å². The van der Waals surface area contributed by atoms with Crippen LogP contribution in [0.25, 0.3) is 0 Å². The molecule has 11 heavy (non-hydrogen) atoms. The van der Waals surface area contributed by atoms with Gasteiger partial charge in [-0.3, -0.25) is 0 Å². The van der Waals surface area contributed by atoms with Gasteiger partial charge in [0.2, 0.25) is 0 Å². The van der Waals surface area contributed by atoms with Crippen molar-refractivity contribution in [3.63, 3.8) is 0 Å². The zero-order valence-electron chi connectivity index (χ0n) is 6.22. The monoisotopic (exact) mass is 174 g/mol. The van der Waals surface area contributed by atoms with Gasteiger partial charge in [-0.15, -0.1) is 0 Å². The van der Waals surface area contributed by atoms with Crippen LogP contribution >= 0.6 is 11.6 Å². The first-order valence-electron chi connectivity index (χ1n) is 3.58. The van der Waals surface area contributed by atoms with E-state index in [2.05, 4.69) is 11.9 Å². The summed E-state index contributed by atoms with van der Waals surface area (Å²) in [6, 6.07) is -0.155. The van der Waals surface area contributed by atoms with Crippen molar-refractivity contribution in [1.29, 1.82) is 0 Å². The number of likely N-dealkylation sites (tertiary alicyclic amines) is 1. The van der Waals surface area contributed by atoms with Gasteiger partial charge < -0.3 is 10.2 Å². The van der Waals surface area contributed by atoms with Crippen molar-refractivity contribution in [3.8, 4) is 0 Å². The lowest BCUT2D eigenvalue weighted by molar-refractivity contribution is 0.208. The number of carbonyl (C=O) groups excluding carboxylic acids is 1. The smallest absolute Gasteiger partial charge is 0.315 e. The first-order valence-corrected chi connectivity index (χ1v) is 4.01. The van der Waals surface area contributed by atoms with Crippen LogP contribution in [0, 0.1) is 0 Å². The lowest BCUT2D eigenvalue weighted by Crippen LogP contribution is -2.38. The summed E-state index contributed by atoms with van der Waals surface area (Å²) in [5.41, 5.74) is -0.144. The van der Waals surface area contributed by atoms with E-state index in [4.69, 9.17) is 11.6 Å². The van der Waals surface area contributed by atoms with Gasteiger partial charge in [0.05, 0.1) is 0 Å². The van der Waals surface area contributed by atoms with Crippen molar-refractivity contribution in [3.05, 3.63) is 12.8 Å². The minimum Gasteiger partial charge on any atom is -0.315 e. The number of carbonyl (C=O) groups is 1. The highest BCUT2D eigenvalue weighted by Crippen LogP contribution is 2.19. The molecule has 1 heterocycles. The molecule has 1 aliphatic rings. The molecule has 1 saturated heterocycles. The summed E-state index contributed by atoms with van der Waals surface area (Å²) < 4.78 is 0. The van der Waals surface area contributed by atoms with Crippen LogP contribution < -0.4 is 5.32 Å². The molecule has 0 aliphatic carbocycles. The highest BCUT2D eigenvalue weighted by atomic mass is 35.5. The van der Waals surface area contributed by atoms with E-state index in [0.717, 1.165) is 19.4 Å². The molecule has 1 unspecified atom stereocenters. The average molecular weight is 175 g/mol. The molecule has 0 saturated carbocycles. The van der Waals surface area contributed by atoms with Crippen LogP contribution in [0.15, 0.2) is 12.8 Å². The zero-order valence-corrected chi connectivity index (χ0v) is 6.97. The second-order valence-electron chi connectivity index (χ2n) is 2.42. The van der Waals surface area contributed by atoms with Crippen LogP contribution in [0.4, 0.5) is 4.79 Å². The Morgan fingerprint density at radius 1 is 1.82 bits per heavy atom. The van der Waals surface area contributed by atoms with Crippen molar-refractivity contribution in [2.45, 2.75) is 18.3 Å². The van der Waals surface area contributed by atoms with Gasteiger partial charge in [-0.25, -0.2) is 4.79 Å². The van der Waals surface area contributed by atoms with E-state index in [1.54, 1.807) is 4.90 Å². The number of urea groups is 1. The fourth-order valence-corrected chi connectivity index (χ4v) is 1.47. The third-order valence-electron chi connectivity index (χ3n) is 1.67. The molecule has 0 aromatic heterocycles. The molecule has 1 N–H and O–H groups in total. The third kappa shape index (κ3) is 1.87. The number of alkyl halides is 1. The van der Waals surface area contributed by atoms with Gasteiger partial charge in [-0.05, 0) is 19.0 Å². The number of nitrogens with one attached hydrogen (secondary N) is 1. The minimum absolute atomic E-state index is 0.144. The number of rotatable bonds is 1. The zero-order chi connectivity index (χ0) is 8.27. The molecule has 0 spiro atoms. The maximum Gasteiger partial charge on any atom is 0.322 e. The maximum absolute atomic E-state index is 11.1. The molecule has 1 atom stereocenters. The Morgan fingerprint density at radius 3 is 3.00 bits per heavy atom. The topological polar surface area (TPSA) is 32.3 Å². The van der Waals surface area contributed by atoms with E-state index in [1.807, 2.05) is 0 Å². The Morgan fingerprint density at radius 2 is 2.55 bits per heavy atom. The second kappa shape index (κ2) is 3.62. The van der Waals surface area contributed by atoms with Crippen molar-refractivity contribution in [2.24, 2.45) is 0 Å². The minimum atomic E-state index is -0.155. The molecule has 4 heteroatoms. The van der Waals surface area contributed by atoms with Crippen molar-refractivity contribution >= 4 is 17.6 Å². The molecule has 62 valence electrons. The number of hydrogen-bond donors (Lipinski definition) is 1. The van der Waals surface area contributed by atoms with Crippen LogP contribution in [0.3, 0.4) is 0 Å². The first kappa shape index (κ1) is 8.40. The Hall–Kier alpha value is -0.700. The summed E-state index contributed by atoms with van der Waals surface area (Å²) >= 11 is 5.84. The van der Waals surface area contributed by atoms with Crippen molar-refractivity contribution in [2.75, 3.05) is 6.54 Å². The fraction of sp³-hybridized carbons (Fsp3) is 0.571. The molecule has 0 bridgehead atoms. The quantitative estimate of drug-likeness (QED) is 0.474. The van der Waals surface area contributed by atoms with Gasteiger partial charge >= 0.3 is 6.03 Å². The molecule has 1 fully saturated rings. The van der Waals surface area contributed by atoms with Crippen LogP contribution in [0.5, 0.6) is 0 Å². The predicted molar refractivity (Wildman–Crippen MR) is 44.3 cm³/mol. The summed E-state index contributed by atoms with van der Waals surface area (Å²) in [7, 11) is 0. The van der Waals surface area contributed by atoms with Crippen LogP contribution in [-0.2, 0) is 0 Å². The Kier molecular flexibility index (Phi) is 2.76. The lowest BCUT2D eigenvalue weighted by Gasteiger charge is -2.18. The standard InChI is InChI=1S/C7H11ClN2O/c1-2-9-7(11)10-5-3-4-6(10)8/h2,6H,1,3-5H2,(H,9,11). The summed E-state index contributed by atoms with van der Waals surface area (Å²) in [5.74, 6) is 0. The van der Waals surface area contributed by atoms with Crippen molar-refractivity contribution in [1.82, 2.24) is 10.2 Å². The number of halogens is 1. The van der Waals surface area contributed by atoms with E-state index in [1.165, 1.54) is 6.20 Å². The number of amides is 2. The van der Waals surface area contributed by atoms with Crippen LogP contribution in [-0.4, -0.2) is 23.0 Å². The third-order valence-corrected chi connectivity index (χ3v) is 2.12.